The van der Waals surface area contributed by atoms with Crippen molar-refractivity contribution < 1.29 is 9.18 Å². The number of nitrogens with zero attached hydrogens (tertiary/aromatic N) is 1. The van der Waals surface area contributed by atoms with Gasteiger partial charge in [0.15, 0.2) is 5.78 Å². The highest BCUT2D eigenvalue weighted by Gasteiger charge is 2.05. The lowest BCUT2D eigenvalue weighted by Crippen LogP contribution is -1.93. The molecule has 2 nitrogen and oxygen atoms in total. The Labute approximate surface area is 138 Å². The summed E-state index contributed by atoms with van der Waals surface area (Å²) in [5.74, 6) is -0.324. The molecule has 1 heterocycles. The Kier molecular flexibility index (Phi) is 4.44. The van der Waals surface area contributed by atoms with Gasteiger partial charge in [0.2, 0.25) is 0 Å². The van der Waals surface area contributed by atoms with Gasteiger partial charge in [-0.1, -0.05) is 29.8 Å². The zero-order chi connectivity index (χ0) is 16.2. The number of allylic oxidation sites excluding steroid dienone is 1. The second kappa shape index (κ2) is 6.67. The number of rotatable bonds is 4. The highest BCUT2D eigenvalue weighted by molar-refractivity contribution is 7.13. The number of hydrogen-bond donors (Lipinski definition) is 0. The number of halogens is 1. The predicted octanol–water partition coefficient (Wildman–Crippen LogP) is 5.15. The van der Waals surface area contributed by atoms with E-state index < -0.39 is 0 Å². The van der Waals surface area contributed by atoms with Crippen molar-refractivity contribution in [1.82, 2.24) is 4.98 Å². The molecule has 0 saturated carbocycles. The van der Waals surface area contributed by atoms with Gasteiger partial charge in [0.05, 0.1) is 5.69 Å². The predicted molar refractivity (Wildman–Crippen MR) is 92.1 cm³/mol. The van der Waals surface area contributed by atoms with Crippen LogP contribution in [0, 0.1) is 12.7 Å². The normalized spacial score (nSPS) is 11.0. The molecule has 0 aliphatic heterocycles. The summed E-state index contributed by atoms with van der Waals surface area (Å²) in [6, 6.07) is 13.7. The highest BCUT2D eigenvalue weighted by Crippen LogP contribution is 2.24. The Morgan fingerprint density at radius 1 is 1.09 bits per heavy atom. The van der Waals surface area contributed by atoms with E-state index in [1.807, 2.05) is 36.6 Å². The van der Waals surface area contributed by atoms with Crippen LogP contribution < -0.4 is 0 Å². The van der Waals surface area contributed by atoms with Crippen LogP contribution in [0.25, 0.3) is 16.6 Å². The molecule has 0 amide bonds. The van der Waals surface area contributed by atoms with Gasteiger partial charge in [-0.2, -0.15) is 0 Å². The van der Waals surface area contributed by atoms with Crippen LogP contribution in [-0.2, 0) is 0 Å². The summed E-state index contributed by atoms with van der Waals surface area (Å²) in [5, 5.41) is 2.67. The van der Waals surface area contributed by atoms with Crippen molar-refractivity contribution in [2.75, 3.05) is 0 Å². The lowest BCUT2D eigenvalue weighted by Gasteiger charge is -1.96. The Morgan fingerprint density at radius 3 is 2.48 bits per heavy atom. The van der Waals surface area contributed by atoms with E-state index in [1.54, 1.807) is 18.2 Å². The van der Waals surface area contributed by atoms with Crippen LogP contribution in [0.5, 0.6) is 0 Å². The molecule has 0 fully saturated rings. The summed E-state index contributed by atoms with van der Waals surface area (Å²) in [4.78, 5) is 16.5. The molecule has 0 saturated heterocycles. The fourth-order valence-electron chi connectivity index (χ4n) is 2.06. The summed E-state index contributed by atoms with van der Waals surface area (Å²) >= 11 is 1.46. The van der Waals surface area contributed by atoms with Crippen molar-refractivity contribution in [2.45, 2.75) is 6.92 Å². The molecule has 0 aliphatic rings. The lowest BCUT2D eigenvalue weighted by atomic mass is 10.1. The van der Waals surface area contributed by atoms with E-state index in [1.165, 1.54) is 29.5 Å². The van der Waals surface area contributed by atoms with Crippen molar-refractivity contribution in [3.8, 4) is 10.6 Å². The van der Waals surface area contributed by atoms with Gasteiger partial charge in [-0.25, -0.2) is 9.37 Å². The third kappa shape index (κ3) is 3.79. The number of carbonyl (C=O) groups excluding carboxylic acids is 1. The molecule has 0 radical (unpaired) electrons. The Hall–Kier alpha value is -2.59. The largest absolute Gasteiger partial charge is 0.289 e. The summed E-state index contributed by atoms with van der Waals surface area (Å²) < 4.78 is 12.9. The van der Waals surface area contributed by atoms with Crippen LogP contribution in [0.4, 0.5) is 4.39 Å². The van der Waals surface area contributed by atoms with Crippen molar-refractivity contribution >= 4 is 23.2 Å². The first-order valence-corrected chi connectivity index (χ1v) is 8.00. The lowest BCUT2D eigenvalue weighted by molar-refractivity contribution is 0.104. The van der Waals surface area contributed by atoms with E-state index >= 15 is 0 Å². The minimum Gasteiger partial charge on any atom is -0.289 e. The number of aromatic nitrogens is 1. The quantitative estimate of drug-likeness (QED) is 0.491. The van der Waals surface area contributed by atoms with E-state index in [2.05, 4.69) is 4.98 Å². The maximum atomic E-state index is 12.9. The van der Waals surface area contributed by atoms with E-state index in [-0.39, 0.29) is 11.6 Å². The van der Waals surface area contributed by atoms with Gasteiger partial charge in [0.25, 0.3) is 0 Å². The second-order valence-corrected chi connectivity index (χ2v) is 6.01. The van der Waals surface area contributed by atoms with Gasteiger partial charge in [0.1, 0.15) is 10.8 Å². The SMILES string of the molecule is Cc1ccc(C(=O)/C=C/c2csc(-c3ccc(F)cc3)n2)cc1. The number of thiazole rings is 1. The Morgan fingerprint density at radius 2 is 1.78 bits per heavy atom. The van der Waals surface area contributed by atoms with Gasteiger partial charge < -0.3 is 0 Å². The molecule has 2 aromatic carbocycles. The molecule has 0 unspecified atom stereocenters. The zero-order valence-corrected chi connectivity index (χ0v) is 13.3. The van der Waals surface area contributed by atoms with Crippen LogP contribution >= 0.6 is 11.3 Å². The topological polar surface area (TPSA) is 30.0 Å². The van der Waals surface area contributed by atoms with Gasteiger partial charge >= 0.3 is 0 Å². The summed E-state index contributed by atoms with van der Waals surface area (Å²) in [6.07, 6.45) is 3.22. The maximum absolute atomic E-state index is 12.9. The molecular weight excluding hydrogens is 309 g/mol. The first kappa shape index (κ1) is 15.3. The van der Waals surface area contributed by atoms with Crippen molar-refractivity contribution in [2.24, 2.45) is 0 Å². The van der Waals surface area contributed by atoms with Gasteiger partial charge in [-0.3, -0.25) is 4.79 Å². The molecule has 3 rings (SSSR count). The monoisotopic (exact) mass is 323 g/mol. The van der Waals surface area contributed by atoms with Crippen LogP contribution in [-0.4, -0.2) is 10.8 Å². The number of benzene rings is 2. The minimum absolute atomic E-state index is 0.0543. The van der Waals surface area contributed by atoms with Crippen LogP contribution in [0.3, 0.4) is 0 Å². The molecule has 0 spiro atoms. The van der Waals surface area contributed by atoms with E-state index in [0.717, 1.165) is 21.8 Å². The van der Waals surface area contributed by atoms with E-state index in [9.17, 15) is 9.18 Å². The number of hydrogen-bond acceptors (Lipinski definition) is 3. The molecular formula is C19H14FNOS. The van der Waals surface area contributed by atoms with Crippen molar-refractivity contribution in [1.29, 1.82) is 0 Å². The van der Waals surface area contributed by atoms with Crippen molar-refractivity contribution in [3.63, 3.8) is 0 Å². The third-order valence-corrected chi connectivity index (χ3v) is 4.26. The number of aryl methyl sites for hydroxylation is 1. The Bertz CT molecular complexity index is 848. The van der Waals surface area contributed by atoms with Gasteiger partial charge in [0, 0.05) is 16.5 Å². The molecule has 114 valence electrons. The molecule has 0 N–H and O–H groups in total. The molecule has 3 aromatic rings. The first-order chi connectivity index (χ1) is 11.1. The molecule has 0 aliphatic carbocycles. The average Bonchev–Trinajstić information content (AvgIpc) is 3.03. The average molecular weight is 323 g/mol. The van der Waals surface area contributed by atoms with E-state index in [4.69, 9.17) is 0 Å². The molecule has 0 bridgehead atoms. The van der Waals surface area contributed by atoms with E-state index in [0.29, 0.717) is 5.56 Å². The Balaban J connectivity index is 1.74. The maximum Gasteiger partial charge on any atom is 0.185 e. The minimum atomic E-state index is -0.269. The highest BCUT2D eigenvalue weighted by atomic mass is 32.1. The standard InChI is InChI=1S/C19H14FNOS/c1-13-2-4-14(5-3-13)18(22)11-10-17-12-23-19(21-17)15-6-8-16(20)9-7-15/h2-12H,1H3/b11-10+. The second-order valence-electron chi connectivity index (χ2n) is 5.15. The molecule has 0 atom stereocenters. The molecule has 4 heteroatoms. The van der Waals surface area contributed by atoms with Crippen molar-refractivity contribution in [3.05, 3.63) is 82.6 Å². The van der Waals surface area contributed by atoms with Gasteiger partial charge in [-0.15, -0.1) is 11.3 Å². The smallest absolute Gasteiger partial charge is 0.185 e. The first-order valence-electron chi connectivity index (χ1n) is 7.12. The summed E-state index contributed by atoms with van der Waals surface area (Å²) in [7, 11) is 0. The number of ketones is 1. The molecule has 23 heavy (non-hydrogen) atoms. The van der Waals surface area contributed by atoms with Crippen LogP contribution in [0.15, 0.2) is 60.0 Å². The van der Waals surface area contributed by atoms with Gasteiger partial charge in [-0.05, 0) is 43.3 Å². The summed E-state index contributed by atoms with van der Waals surface area (Å²) in [5.41, 5.74) is 3.35. The fraction of sp³-hybridized carbons (Fsp3) is 0.0526. The zero-order valence-electron chi connectivity index (χ0n) is 12.5. The molecule has 1 aromatic heterocycles. The van der Waals surface area contributed by atoms with Crippen LogP contribution in [0.1, 0.15) is 21.6 Å². The number of carbonyl (C=O) groups is 1. The fourth-order valence-corrected chi connectivity index (χ4v) is 2.86. The van der Waals surface area contributed by atoms with Crippen LogP contribution in [0.2, 0.25) is 0 Å². The summed E-state index contributed by atoms with van der Waals surface area (Å²) in [6.45, 7) is 1.98. The third-order valence-electron chi connectivity index (χ3n) is 3.35.